The Morgan fingerprint density at radius 2 is 2.13 bits per heavy atom. The molecule has 2 aliphatic rings. The lowest BCUT2D eigenvalue weighted by Crippen LogP contribution is -2.51. The third-order valence-electron chi connectivity index (χ3n) is 5.26. The molecular formula is C19H29N3O. The first-order valence-electron chi connectivity index (χ1n) is 9.01. The lowest BCUT2D eigenvalue weighted by molar-refractivity contribution is -0.126. The molecular weight excluding hydrogens is 286 g/mol. The minimum absolute atomic E-state index is 0.168. The normalized spacial score (nSPS) is 29.2. The standard InChI is InChI=1S/C19H29N3O/c1-15-12-18(21-19(23)17-8-5-10-20-13-17)9-11-22(15)14-16-6-3-2-4-7-16/h2-4,6-7,15,17-18,20H,5,8-14H2,1H3,(H,21,23). The molecule has 2 fully saturated rings. The highest BCUT2D eigenvalue weighted by Gasteiger charge is 2.28. The zero-order valence-electron chi connectivity index (χ0n) is 14.1. The van der Waals surface area contributed by atoms with Crippen LogP contribution in [0.1, 0.15) is 38.2 Å². The summed E-state index contributed by atoms with van der Waals surface area (Å²) in [6.07, 6.45) is 4.26. The minimum atomic E-state index is 0.168. The molecule has 0 radical (unpaired) electrons. The SMILES string of the molecule is CC1CC(NC(=O)C2CCCNC2)CCN1Cc1ccccc1. The van der Waals surface area contributed by atoms with Crippen molar-refractivity contribution < 1.29 is 4.79 Å². The second kappa shape index (κ2) is 7.93. The van der Waals surface area contributed by atoms with E-state index in [2.05, 4.69) is 52.8 Å². The molecule has 3 rings (SSSR count). The number of carbonyl (C=O) groups is 1. The van der Waals surface area contributed by atoms with Gasteiger partial charge in [-0.15, -0.1) is 0 Å². The first kappa shape index (κ1) is 16.5. The van der Waals surface area contributed by atoms with Gasteiger partial charge in [0, 0.05) is 31.7 Å². The van der Waals surface area contributed by atoms with E-state index in [1.54, 1.807) is 0 Å². The van der Waals surface area contributed by atoms with E-state index in [-0.39, 0.29) is 11.8 Å². The molecule has 1 aromatic carbocycles. The van der Waals surface area contributed by atoms with Gasteiger partial charge >= 0.3 is 0 Å². The van der Waals surface area contributed by atoms with E-state index in [0.717, 1.165) is 51.9 Å². The molecule has 2 heterocycles. The zero-order valence-corrected chi connectivity index (χ0v) is 14.1. The van der Waals surface area contributed by atoms with Gasteiger partial charge in [-0.2, -0.15) is 0 Å². The largest absolute Gasteiger partial charge is 0.353 e. The summed E-state index contributed by atoms with van der Waals surface area (Å²) in [5, 5.41) is 6.62. The van der Waals surface area contributed by atoms with Crippen LogP contribution in [-0.2, 0) is 11.3 Å². The number of amides is 1. The van der Waals surface area contributed by atoms with Crippen molar-refractivity contribution >= 4 is 5.91 Å². The summed E-state index contributed by atoms with van der Waals surface area (Å²) in [6, 6.07) is 11.5. The van der Waals surface area contributed by atoms with Gasteiger partial charge in [0.25, 0.3) is 0 Å². The number of nitrogens with one attached hydrogen (secondary N) is 2. The molecule has 4 nitrogen and oxygen atoms in total. The molecule has 3 unspecified atom stereocenters. The number of rotatable bonds is 4. The number of piperidine rings is 2. The fourth-order valence-corrected chi connectivity index (χ4v) is 3.80. The molecule has 2 saturated heterocycles. The summed E-state index contributed by atoms with van der Waals surface area (Å²) in [7, 11) is 0. The van der Waals surface area contributed by atoms with Gasteiger partial charge in [0.2, 0.25) is 5.91 Å². The molecule has 1 aromatic rings. The third-order valence-corrected chi connectivity index (χ3v) is 5.26. The van der Waals surface area contributed by atoms with Crippen molar-refractivity contribution in [1.29, 1.82) is 0 Å². The van der Waals surface area contributed by atoms with E-state index in [4.69, 9.17) is 0 Å². The van der Waals surface area contributed by atoms with Crippen molar-refractivity contribution in [3.05, 3.63) is 35.9 Å². The van der Waals surface area contributed by atoms with Crippen LogP contribution in [0, 0.1) is 5.92 Å². The third kappa shape index (κ3) is 4.55. The Hall–Kier alpha value is -1.39. The highest BCUT2D eigenvalue weighted by atomic mass is 16.2. The van der Waals surface area contributed by atoms with Crippen molar-refractivity contribution in [3.63, 3.8) is 0 Å². The number of hydrogen-bond donors (Lipinski definition) is 2. The summed E-state index contributed by atoms with van der Waals surface area (Å²) >= 11 is 0. The average Bonchev–Trinajstić information content (AvgIpc) is 2.59. The van der Waals surface area contributed by atoms with Crippen LogP contribution >= 0.6 is 0 Å². The Kier molecular flexibility index (Phi) is 5.68. The van der Waals surface area contributed by atoms with Gasteiger partial charge < -0.3 is 10.6 Å². The highest BCUT2D eigenvalue weighted by molar-refractivity contribution is 5.79. The van der Waals surface area contributed by atoms with E-state index < -0.39 is 0 Å². The summed E-state index contributed by atoms with van der Waals surface area (Å²) in [4.78, 5) is 14.9. The number of carbonyl (C=O) groups excluding carboxylic acids is 1. The Balaban J connectivity index is 1.47. The van der Waals surface area contributed by atoms with Gasteiger partial charge in [-0.25, -0.2) is 0 Å². The van der Waals surface area contributed by atoms with Crippen LogP contribution in [0.5, 0.6) is 0 Å². The van der Waals surface area contributed by atoms with E-state index in [1.807, 2.05) is 0 Å². The fourth-order valence-electron chi connectivity index (χ4n) is 3.80. The van der Waals surface area contributed by atoms with Crippen LogP contribution in [0.25, 0.3) is 0 Å². The van der Waals surface area contributed by atoms with Gasteiger partial charge in [0.05, 0.1) is 5.92 Å². The lowest BCUT2D eigenvalue weighted by Gasteiger charge is -2.38. The van der Waals surface area contributed by atoms with Crippen molar-refractivity contribution in [3.8, 4) is 0 Å². The first-order chi connectivity index (χ1) is 11.2. The molecule has 0 saturated carbocycles. The fraction of sp³-hybridized carbons (Fsp3) is 0.632. The van der Waals surface area contributed by atoms with Crippen LogP contribution in [0.3, 0.4) is 0 Å². The van der Waals surface area contributed by atoms with E-state index in [9.17, 15) is 4.79 Å². The van der Waals surface area contributed by atoms with Gasteiger partial charge in [0.15, 0.2) is 0 Å². The van der Waals surface area contributed by atoms with Gasteiger partial charge in [0.1, 0.15) is 0 Å². The topological polar surface area (TPSA) is 44.4 Å². The Morgan fingerprint density at radius 1 is 1.30 bits per heavy atom. The van der Waals surface area contributed by atoms with Gasteiger partial charge in [-0.3, -0.25) is 9.69 Å². The molecule has 1 amide bonds. The molecule has 3 atom stereocenters. The summed E-state index contributed by atoms with van der Waals surface area (Å²) < 4.78 is 0. The number of nitrogens with zero attached hydrogens (tertiary/aromatic N) is 1. The van der Waals surface area contributed by atoms with Crippen LogP contribution < -0.4 is 10.6 Å². The number of hydrogen-bond acceptors (Lipinski definition) is 3. The molecule has 0 aromatic heterocycles. The van der Waals surface area contributed by atoms with Crippen LogP contribution in [0.4, 0.5) is 0 Å². The lowest BCUT2D eigenvalue weighted by atomic mass is 9.94. The average molecular weight is 315 g/mol. The summed E-state index contributed by atoms with van der Waals surface area (Å²) in [5.41, 5.74) is 1.37. The first-order valence-corrected chi connectivity index (χ1v) is 9.01. The molecule has 2 aliphatic heterocycles. The summed E-state index contributed by atoms with van der Waals surface area (Å²) in [5.74, 6) is 0.423. The predicted molar refractivity (Wildman–Crippen MR) is 93.1 cm³/mol. The van der Waals surface area contributed by atoms with E-state index >= 15 is 0 Å². The van der Waals surface area contributed by atoms with Crippen LogP contribution in [0.2, 0.25) is 0 Å². The molecule has 0 spiro atoms. The second-order valence-electron chi connectivity index (χ2n) is 7.08. The Bertz CT molecular complexity index is 499. The molecule has 4 heteroatoms. The maximum Gasteiger partial charge on any atom is 0.224 e. The monoisotopic (exact) mass is 315 g/mol. The van der Waals surface area contributed by atoms with Crippen LogP contribution in [-0.4, -0.2) is 42.5 Å². The number of likely N-dealkylation sites (tertiary alicyclic amines) is 1. The second-order valence-corrected chi connectivity index (χ2v) is 7.08. The van der Waals surface area contributed by atoms with Crippen molar-refractivity contribution in [2.75, 3.05) is 19.6 Å². The number of benzene rings is 1. The quantitative estimate of drug-likeness (QED) is 0.895. The smallest absolute Gasteiger partial charge is 0.224 e. The molecule has 126 valence electrons. The van der Waals surface area contributed by atoms with Crippen molar-refractivity contribution in [2.24, 2.45) is 5.92 Å². The zero-order chi connectivity index (χ0) is 16.1. The predicted octanol–water partition coefficient (Wildman–Crippen LogP) is 2.16. The van der Waals surface area contributed by atoms with Crippen LogP contribution in [0.15, 0.2) is 30.3 Å². The van der Waals surface area contributed by atoms with E-state index in [1.165, 1.54) is 5.56 Å². The maximum atomic E-state index is 12.4. The molecule has 23 heavy (non-hydrogen) atoms. The van der Waals surface area contributed by atoms with Gasteiger partial charge in [-0.05, 0) is 44.7 Å². The Morgan fingerprint density at radius 3 is 2.83 bits per heavy atom. The summed E-state index contributed by atoms with van der Waals surface area (Å²) in [6.45, 7) is 6.25. The molecule has 2 N–H and O–H groups in total. The van der Waals surface area contributed by atoms with Crippen molar-refractivity contribution in [1.82, 2.24) is 15.5 Å². The Labute approximate surface area is 139 Å². The van der Waals surface area contributed by atoms with Crippen molar-refractivity contribution in [2.45, 2.75) is 51.2 Å². The molecule has 0 bridgehead atoms. The highest BCUT2D eigenvalue weighted by Crippen LogP contribution is 2.21. The van der Waals surface area contributed by atoms with Gasteiger partial charge in [-0.1, -0.05) is 30.3 Å². The minimum Gasteiger partial charge on any atom is -0.353 e. The maximum absolute atomic E-state index is 12.4. The molecule has 0 aliphatic carbocycles. The van der Waals surface area contributed by atoms with E-state index in [0.29, 0.717) is 12.1 Å².